The van der Waals surface area contributed by atoms with E-state index in [4.69, 9.17) is 19.9 Å². The van der Waals surface area contributed by atoms with E-state index in [9.17, 15) is 5.11 Å². The second kappa shape index (κ2) is 5.21. The highest BCUT2D eigenvalue weighted by atomic mass is 127. The predicted octanol–water partition coefficient (Wildman–Crippen LogP) is 0.423. The van der Waals surface area contributed by atoms with Crippen molar-refractivity contribution in [3.8, 4) is 0 Å². The Morgan fingerprint density at radius 3 is 2.83 bits per heavy atom. The van der Waals surface area contributed by atoms with E-state index in [1.54, 1.807) is 10.9 Å². The zero-order chi connectivity index (χ0) is 16.4. The molecule has 0 aliphatic carbocycles. The summed E-state index contributed by atoms with van der Waals surface area (Å²) in [7, 11) is 0. The van der Waals surface area contributed by atoms with E-state index in [2.05, 4.69) is 15.0 Å². The van der Waals surface area contributed by atoms with Crippen LogP contribution in [0.15, 0.2) is 6.33 Å². The fourth-order valence-corrected chi connectivity index (χ4v) is 3.62. The molecule has 2 aromatic heterocycles. The molecule has 0 radical (unpaired) electrons. The van der Waals surface area contributed by atoms with E-state index in [0.29, 0.717) is 20.8 Å². The Hall–Kier alpha value is -1.08. The molecule has 0 spiro atoms. The topological polar surface area (TPSA) is 118 Å². The summed E-state index contributed by atoms with van der Waals surface area (Å²) in [4.78, 5) is 12.8. The Kier molecular flexibility index (Phi) is 3.50. The molecule has 2 fully saturated rings. The summed E-state index contributed by atoms with van der Waals surface area (Å²) < 4.78 is 20.0. The van der Waals surface area contributed by atoms with Crippen molar-refractivity contribution in [3.05, 3.63) is 10.2 Å². The quantitative estimate of drug-likeness (QED) is 0.517. The van der Waals surface area contributed by atoms with Gasteiger partial charge in [-0.25, -0.2) is 15.0 Å². The number of anilines is 1. The van der Waals surface area contributed by atoms with Crippen molar-refractivity contribution < 1.29 is 19.3 Å². The maximum Gasteiger partial charge on any atom is 0.194 e. The van der Waals surface area contributed by atoms with Crippen LogP contribution in [0.25, 0.3) is 11.2 Å². The van der Waals surface area contributed by atoms with Crippen molar-refractivity contribution in [2.75, 3.05) is 12.3 Å². The number of rotatable bonds is 2. The van der Waals surface area contributed by atoms with Crippen LogP contribution in [0.4, 0.5) is 5.82 Å². The molecule has 2 aromatic rings. The van der Waals surface area contributed by atoms with Crippen LogP contribution in [0.5, 0.6) is 0 Å². The number of nitrogen functional groups attached to an aromatic ring is 1. The number of nitrogens with zero attached hydrogens (tertiary/aromatic N) is 4. The molecule has 2 aliphatic rings. The van der Waals surface area contributed by atoms with Crippen LogP contribution in [-0.4, -0.2) is 55.3 Å². The molecule has 0 amide bonds. The van der Waals surface area contributed by atoms with Gasteiger partial charge < -0.3 is 25.1 Å². The summed E-state index contributed by atoms with van der Waals surface area (Å²) in [6.45, 7) is 3.52. The first-order valence-electron chi connectivity index (χ1n) is 7.17. The minimum absolute atomic E-state index is 0.154. The van der Waals surface area contributed by atoms with Crippen molar-refractivity contribution in [1.29, 1.82) is 0 Å². The van der Waals surface area contributed by atoms with Crippen molar-refractivity contribution in [2.45, 2.75) is 44.2 Å². The van der Waals surface area contributed by atoms with Gasteiger partial charge in [-0.15, -0.1) is 0 Å². The highest BCUT2D eigenvalue weighted by molar-refractivity contribution is 14.1. The minimum Gasteiger partial charge on any atom is -0.394 e. The van der Waals surface area contributed by atoms with Crippen molar-refractivity contribution in [3.63, 3.8) is 0 Å². The molecule has 4 heterocycles. The van der Waals surface area contributed by atoms with Gasteiger partial charge >= 0.3 is 0 Å². The van der Waals surface area contributed by atoms with Gasteiger partial charge in [0, 0.05) is 22.6 Å². The predicted molar refractivity (Wildman–Crippen MR) is 87.3 cm³/mol. The summed E-state index contributed by atoms with van der Waals surface area (Å²) in [5, 5.41) is 9.57. The zero-order valence-corrected chi connectivity index (χ0v) is 14.7. The highest BCUT2D eigenvalue weighted by Crippen LogP contribution is 2.43. The molecule has 2 aliphatic heterocycles. The number of fused-ring (bicyclic) bond motifs is 2. The summed E-state index contributed by atoms with van der Waals surface area (Å²) in [5.41, 5.74) is 6.98. The summed E-state index contributed by atoms with van der Waals surface area (Å²) in [5.74, 6) is -0.417. The van der Waals surface area contributed by atoms with Gasteiger partial charge in [0.1, 0.15) is 23.8 Å². The number of hydrogen-bond acceptors (Lipinski definition) is 8. The van der Waals surface area contributed by atoms with Crippen LogP contribution in [0.3, 0.4) is 0 Å². The number of ether oxygens (including phenoxy) is 3. The summed E-state index contributed by atoms with van der Waals surface area (Å²) in [6.07, 6.45) is -0.0947. The fourth-order valence-electron chi connectivity index (χ4n) is 3.13. The lowest BCUT2D eigenvalue weighted by molar-refractivity contribution is -0.199. The molecule has 2 unspecified atom stereocenters. The molecule has 23 heavy (non-hydrogen) atoms. The number of aromatic nitrogens is 4. The molecular weight excluding hydrogens is 417 g/mol. The van der Waals surface area contributed by atoms with E-state index < -0.39 is 18.1 Å². The molecule has 124 valence electrons. The SMILES string of the molecule is CC1(C)OC2C(O1)[C@@H](CO)O[C@H]2n1cnc2c(N)nc(I)nc21. The molecule has 3 N–H and O–H groups in total. The average Bonchev–Trinajstić information content (AvgIpc) is 3.09. The molecule has 0 aromatic carbocycles. The lowest BCUT2D eigenvalue weighted by Gasteiger charge is -2.24. The van der Waals surface area contributed by atoms with Crippen molar-refractivity contribution in [2.24, 2.45) is 0 Å². The molecule has 4 rings (SSSR count). The number of aliphatic hydroxyl groups excluding tert-OH is 1. The first-order chi connectivity index (χ1) is 10.9. The van der Waals surface area contributed by atoms with Gasteiger partial charge in [0.15, 0.2) is 27.3 Å². The van der Waals surface area contributed by atoms with E-state index in [1.165, 1.54) is 0 Å². The Morgan fingerprint density at radius 1 is 1.35 bits per heavy atom. The van der Waals surface area contributed by atoms with Gasteiger partial charge in [-0.1, -0.05) is 0 Å². The van der Waals surface area contributed by atoms with Crippen LogP contribution in [0.1, 0.15) is 20.1 Å². The molecule has 2 saturated heterocycles. The molecule has 0 bridgehead atoms. The van der Waals surface area contributed by atoms with Gasteiger partial charge in [-0.05, 0) is 13.8 Å². The van der Waals surface area contributed by atoms with E-state index in [0.717, 1.165) is 0 Å². The number of imidazole rings is 1. The van der Waals surface area contributed by atoms with Gasteiger partial charge in [-0.2, -0.15) is 0 Å². The van der Waals surface area contributed by atoms with Gasteiger partial charge in [-0.3, -0.25) is 4.57 Å². The third-order valence-electron chi connectivity index (χ3n) is 4.00. The normalized spacial score (nSPS) is 32.5. The molecule has 0 saturated carbocycles. The van der Waals surface area contributed by atoms with E-state index in [-0.39, 0.29) is 18.8 Å². The maximum atomic E-state index is 9.57. The average molecular weight is 433 g/mol. The second-order valence-electron chi connectivity index (χ2n) is 6.01. The Labute approximate surface area is 145 Å². The molecule has 4 atom stereocenters. The first kappa shape index (κ1) is 15.4. The minimum atomic E-state index is -0.733. The smallest absolute Gasteiger partial charge is 0.194 e. The zero-order valence-electron chi connectivity index (χ0n) is 12.5. The number of aliphatic hydroxyl groups is 1. The Morgan fingerprint density at radius 2 is 2.09 bits per heavy atom. The van der Waals surface area contributed by atoms with Gasteiger partial charge in [0.2, 0.25) is 0 Å². The summed E-state index contributed by atoms with van der Waals surface area (Å²) in [6, 6.07) is 0. The Bertz CT molecular complexity index is 766. The fraction of sp³-hybridized carbons (Fsp3) is 0.615. The standard InChI is InChI=1S/C13H16IN5O4/c1-13(2)22-7-5(3-20)21-11(8(7)23-13)19-4-16-6-9(15)17-12(14)18-10(6)19/h4-5,7-8,11,20H,3H2,1-2H3,(H2,15,17,18)/t5-,7?,8?,11-/m1/s1. The van der Waals surface area contributed by atoms with E-state index >= 15 is 0 Å². The van der Waals surface area contributed by atoms with Crippen LogP contribution in [-0.2, 0) is 14.2 Å². The van der Waals surface area contributed by atoms with Gasteiger partial charge in [0.05, 0.1) is 12.9 Å². The number of halogens is 1. The highest BCUT2D eigenvalue weighted by Gasteiger charge is 2.55. The Balaban J connectivity index is 1.79. The number of nitrogens with two attached hydrogens (primary N) is 1. The van der Waals surface area contributed by atoms with Crippen LogP contribution < -0.4 is 5.73 Å². The van der Waals surface area contributed by atoms with Crippen LogP contribution in [0.2, 0.25) is 0 Å². The molecular formula is C13H16IN5O4. The lowest BCUT2D eigenvalue weighted by Crippen LogP contribution is -2.31. The molecule has 9 nitrogen and oxygen atoms in total. The van der Waals surface area contributed by atoms with Gasteiger partial charge in [0.25, 0.3) is 0 Å². The van der Waals surface area contributed by atoms with E-state index in [1.807, 2.05) is 36.4 Å². The molecule has 10 heteroatoms. The van der Waals surface area contributed by atoms with Crippen molar-refractivity contribution >= 4 is 39.6 Å². The number of hydrogen-bond donors (Lipinski definition) is 2. The maximum absolute atomic E-state index is 9.57. The second-order valence-corrected chi connectivity index (χ2v) is 6.98. The largest absolute Gasteiger partial charge is 0.394 e. The van der Waals surface area contributed by atoms with Crippen LogP contribution >= 0.6 is 22.6 Å². The third-order valence-corrected chi connectivity index (χ3v) is 4.48. The lowest BCUT2D eigenvalue weighted by atomic mass is 10.1. The monoisotopic (exact) mass is 433 g/mol. The van der Waals surface area contributed by atoms with Crippen LogP contribution in [0, 0.1) is 3.83 Å². The van der Waals surface area contributed by atoms with Crippen molar-refractivity contribution in [1.82, 2.24) is 19.5 Å². The summed E-state index contributed by atoms with van der Waals surface area (Å²) >= 11 is 2.00. The first-order valence-corrected chi connectivity index (χ1v) is 8.25. The third kappa shape index (κ3) is 2.39.